The second kappa shape index (κ2) is 10.9. The number of likely N-dealkylation sites (tertiary alicyclic amines) is 1. The molecule has 1 saturated carbocycles. The maximum atomic E-state index is 13.2. The summed E-state index contributed by atoms with van der Waals surface area (Å²) in [5, 5.41) is 25.7. The van der Waals surface area contributed by atoms with E-state index in [-0.39, 0.29) is 24.2 Å². The summed E-state index contributed by atoms with van der Waals surface area (Å²) < 4.78 is 6.24. The molecule has 1 amide bonds. The average Bonchev–Trinajstić information content (AvgIpc) is 3.44. The van der Waals surface area contributed by atoms with Crippen LogP contribution in [0.2, 0.25) is 0 Å². The maximum Gasteiger partial charge on any atom is 0.251 e. The van der Waals surface area contributed by atoms with E-state index < -0.39 is 0 Å². The highest BCUT2D eigenvalue weighted by Crippen LogP contribution is 2.41. The Kier molecular flexibility index (Phi) is 7.19. The monoisotopic (exact) mass is 530 g/mol. The first-order chi connectivity index (χ1) is 18.5. The van der Waals surface area contributed by atoms with E-state index in [2.05, 4.69) is 37.2 Å². The van der Waals surface area contributed by atoms with E-state index in [1.165, 1.54) is 5.56 Å². The largest absolute Gasteiger partial charge is 0.490 e. The van der Waals surface area contributed by atoms with E-state index in [1.54, 1.807) is 11.3 Å². The van der Waals surface area contributed by atoms with Crippen LogP contribution in [-0.2, 0) is 0 Å². The fraction of sp³-hybridized carbons (Fsp3) is 0.400. The number of thiophene rings is 1. The van der Waals surface area contributed by atoms with Crippen LogP contribution in [-0.4, -0.2) is 58.0 Å². The number of hydrogen-bond acceptors (Lipinski definition) is 6. The Balaban J connectivity index is 1.14. The molecular weight excluding hydrogens is 496 g/mol. The third kappa shape index (κ3) is 5.62. The molecule has 6 rings (SSSR count). The Bertz CT molecular complexity index is 1370. The number of benzene rings is 2. The Morgan fingerprint density at radius 3 is 2.63 bits per heavy atom. The van der Waals surface area contributed by atoms with Crippen molar-refractivity contribution >= 4 is 28.1 Å². The number of piperidine rings is 1. The van der Waals surface area contributed by atoms with E-state index in [4.69, 9.17) is 4.74 Å². The molecule has 0 spiro atoms. The van der Waals surface area contributed by atoms with Crippen LogP contribution in [0.4, 0.5) is 0 Å². The zero-order valence-electron chi connectivity index (χ0n) is 21.6. The molecule has 0 radical (unpaired) electrons. The lowest BCUT2D eigenvalue weighted by molar-refractivity contribution is 0.0673. The minimum atomic E-state index is -0.297. The van der Waals surface area contributed by atoms with Gasteiger partial charge >= 0.3 is 0 Å². The van der Waals surface area contributed by atoms with Gasteiger partial charge in [0.25, 0.3) is 5.91 Å². The van der Waals surface area contributed by atoms with Gasteiger partial charge in [-0.3, -0.25) is 9.89 Å². The fourth-order valence-electron chi connectivity index (χ4n) is 5.42. The number of aliphatic hydroxyl groups excluding tert-OH is 1. The van der Waals surface area contributed by atoms with Gasteiger partial charge in [-0.15, -0.1) is 0 Å². The van der Waals surface area contributed by atoms with Gasteiger partial charge in [-0.2, -0.15) is 16.4 Å². The topological polar surface area (TPSA) is 90.5 Å². The normalized spacial score (nSPS) is 18.4. The lowest BCUT2D eigenvalue weighted by atomic mass is 10.0. The van der Waals surface area contributed by atoms with Crippen molar-refractivity contribution in [1.82, 2.24) is 20.4 Å². The SMILES string of the molecule is C[C@H](O)CN1CCC(Oc2ccc(-c3n[nH]c4ccc(C(=O)N[C@H](c5ccsc5)C5CC5)cc34)cc2)CC1. The van der Waals surface area contributed by atoms with E-state index in [0.717, 1.165) is 73.2 Å². The molecule has 0 bridgehead atoms. The lowest BCUT2D eigenvalue weighted by Crippen LogP contribution is -2.41. The number of aliphatic hydroxyl groups is 1. The van der Waals surface area contributed by atoms with Crippen LogP contribution < -0.4 is 10.1 Å². The van der Waals surface area contributed by atoms with E-state index in [0.29, 0.717) is 11.5 Å². The summed E-state index contributed by atoms with van der Waals surface area (Å²) in [6, 6.07) is 16.0. The number of carbonyl (C=O) groups excluding carboxylic acids is 1. The number of rotatable bonds is 9. The minimum Gasteiger partial charge on any atom is -0.490 e. The summed E-state index contributed by atoms with van der Waals surface area (Å²) in [6.45, 7) is 4.44. The number of nitrogens with zero attached hydrogens (tertiary/aromatic N) is 2. The Morgan fingerprint density at radius 1 is 1.16 bits per heavy atom. The van der Waals surface area contributed by atoms with Crippen molar-refractivity contribution in [2.45, 2.75) is 50.9 Å². The molecule has 198 valence electrons. The van der Waals surface area contributed by atoms with Gasteiger partial charge in [-0.1, -0.05) is 0 Å². The van der Waals surface area contributed by atoms with Gasteiger partial charge < -0.3 is 20.1 Å². The van der Waals surface area contributed by atoms with Gasteiger partial charge in [0, 0.05) is 36.1 Å². The molecular formula is C30H34N4O3S. The molecule has 7 nitrogen and oxygen atoms in total. The minimum absolute atomic E-state index is 0.0506. The number of carbonyl (C=O) groups is 1. The van der Waals surface area contributed by atoms with Crippen LogP contribution in [0.1, 0.15) is 54.6 Å². The third-order valence-corrected chi connectivity index (χ3v) is 8.30. The van der Waals surface area contributed by atoms with Crippen molar-refractivity contribution in [3.8, 4) is 17.0 Å². The smallest absolute Gasteiger partial charge is 0.251 e. The van der Waals surface area contributed by atoms with Crippen LogP contribution in [0.15, 0.2) is 59.3 Å². The zero-order valence-corrected chi connectivity index (χ0v) is 22.4. The summed E-state index contributed by atoms with van der Waals surface area (Å²) in [6.07, 6.45) is 4.12. The molecule has 1 aliphatic carbocycles. The van der Waals surface area contributed by atoms with Crippen molar-refractivity contribution in [3.05, 3.63) is 70.4 Å². The van der Waals surface area contributed by atoms with Crippen molar-refractivity contribution < 1.29 is 14.6 Å². The summed E-state index contributed by atoms with van der Waals surface area (Å²) in [5.41, 5.74) is 4.54. The molecule has 2 aromatic heterocycles. The number of amides is 1. The average molecular weight is 531 g/mol. The Labute approximate surface area is 226 Å². The van der Waals surface area contributed by atoms with Gasteiger partial charge in [0.05, 0.1) is 23.4 Å². The second-order valence-electron chi connectivity index (χ2n) is 10.7. The summed E-state index contributed by atoms with van der Waals surface area (Å²) in [7, 11) is 0. The zero-order chi connectivity index (χ0) is 26.1. The molecule has 2 aromatic carbocycles. The standard InChI is InChI=1S/C30H34N4O3S/c1-19(35)17-34-13-10-25(11-14-34)37-24-7-4-21(5-8-24)29-26-16-22(6-9-27(26)32-33-29)30(36)31-28(20-2-3-20)23-12-15-38-18-23/h4-9,12,15-16,18-20,25,28,35H,2-3,10-11,13-14,17H2,1H3,(H,31,36)(H,32,33)/t19-,28-/m0/s1. The van der Waals surface area contributed by atoms with Crippen LogP contribution >= 0.6 is 11.3 Å². The molecule has 2 fully saturated rings. The summed E-state index contributed by atoms with van der Waals surface area (Å²) in [5.74, 6) is 1.33. The Morgan fingerprint density at radius 2 is 1.95 bits per heavy atom. The van der Waals surface area contributed by atoms with Gasteiger partial charge in [-0.25, -0.2) is 0 Å². The number of aromatic nitrogens is 2. The number of β-amino-alcohol motifs (C(OH)–C–C–N with tert-alkyl or cyclic N) is 1. The molecule has 8 heteroatoms. The molecule has 0 unspecified atom stereocenters. The van der Waals surface area contributed by atoms with Crippen molar-refractivity contribution in [3.63, 3.8) is 0 Å². The van der Waals surface area contributed by atoms with Crippen molar-refractivity contribution in [1.29, 1.82) is 0 Å². The first kappa shape index (κ1) is 25.1. The highest BCUT2D eigenvalue weighted by Gasteiger charge is 2.34. The number of nitrogens with one attached hydrogen (secondary N) is 2. The van der Waals surface area contributed by atoms with Gasteiger partial charge in [-0.05, 0) is 103 Å². The molecule has 38 heavy (non-hydrogen) atoms. The molecule has 2 aliphatic rings. The number of hydrogen-bond donors (Lipinski definition) is 3. The van der Waals surface area contributed by atoms with E-state index in [1.807, 2.05) is 49.4 Å². The molecule has 4 aromatic rings. The lowest BCUT2D eigenvalue weighted by Gasteiger charge is -2.32. The van der Waals surface area contributed by atoms with Crippen LogP contribution in [0.5, 0.6) is 5.75 Å². The summed E-state index contributed by atoms with van der Waals surface area (Å²) in [4.78, 5) is 15.5. The van der Waals surface area contributed by atoms with Crippen molar-refractivity contribution in [2.24, 2.45) is 5.92 Å². The number of ether oxygens (including phenoxy) is 1. The van der Waals surface area contributed by atoms with Crippen LogP contribution in [0.3, 0.4) is 0 Å². The predicted molar refractivity (Wildman–Crippen MR) is 151 cm³/mol. The molecule has 3 heterocycles. The van der Waals surface area contributed by atoms with Gasteiger partial charge in [0.15, 0.2) is 0 Å². The predicted octanol–water partition coefficient (Wildman–Crippen LogP) is 5.40. The highest BCUT2D eigenvalue weighted by atomic mass is 32.1. The molecule has 2 atom stereocenters. The van der Waals surface area contributed by atoms with E-state index in [9.17, 15) is 9.90 Å². The number of aromatic amines is 1. The molecule has 1 saturated heterocycles. The third-order valence-electron chi connectivity index (χ3n) is 7.59. The fourth-order valence-corrected chi connectivity index (χ4v) is 6.12. The second-order valence-corrected chi connectivity index (χ2v) is 11.4. The highest BCUT2D eigenvalue weighted by molar-refractivity contribution is 7.08. The van der Waals surface area contributed by atoms with E-state index >= 15 is 0 Å². The molecule has 3 N–H and O–H groups in total. The van der Waals surface area contributed by atoms with Crippen LogP contribution in [0, 0.1) is 5.92 Å². The molecule has 1 aliphatic heterocycles. The van der Waals surface area contributed by atoms with Crippen molar-refractivity contribution in [2.75, 3.05) is 19.6 Å². The number of H-pyrrole nitrogens is 1. The van der Waals surface area contributed by atoms with Gasteiger partial charge in [0.2, 0.25) is 0 Å². The maximum absolute atomic E-state index is 13.2. The Hall–Kier alpha value is -3.20. The first-order valence-electron chi connectivity index (χ1n) is 13.5. The van der Waals surface area contributed by atoms with Crippen LogP contribution in [0.25, 0.3) is 22.2 Å². The quantitative estimate of drug-likeness (QED) is 0.270. The number of fused-ring (bicyclic) bond motifs is 1. The van der Waals surface area contributed by atoms with Gasteiger partial charge in [0.1, 0.15) is 11.9 Å². The summed E-state index contributed by atoms with van der Waals surface area (Å²) >= 11 is 1.67. The first-order valence-corrected chi connectivity index (χ1v) is 14.5.